The van der Waals surface area contributed by atoms with Gasteiger partial charge >= 0.3 is 0 Å². The van der Waals surface area contributed by atoms with Crippen molar-refractivity contribution < 1.29 is 14.4 Å². The predicted molar refractivity (Wildman–Crippen MR) is 135 cm³/mol. The number of hydrogen-bond acceptors (Lipinski definition) is 5. The fraction of sp³-hybridized carbons (Fsp3) is 0.464. The Morgan fingerprint density at radius 1 is 0.943 bits per heavy atom. The molecule has 184 valence electrons. The van der Waals surface area contributed by atoms with Gasteiger partial charge in [-0.2, -0.15) is 0 Å². The van der Waals surface area contributed by atoms with E-state index in [9.17, 15) is 14.4 Å². The third-order valence-corrected chi connectivity index (χ3v) is 7.76. The Kier molecular flexibility index (Phi) is 6.86. The number of nitrogens with one attached hydrogen (secondary N) is 1. The van der Waals surface area contributed by atoms with Crippen LogP contribution in [-0.2, 0) is 22.6 Å². The maximum Gasteiger partial charge on any atom is 0.255 e. The van der Waals surface area contributed by atoms with E-state index in [1.54, 1.807) is 4.90 Å². The maximum absolute atomic E-state index is 13.3. The van der Waals surface area contributed by atoms with Crippen LogP contribution >= 0.6 is 0 Å². The van der Waals surface area contributed by atoms with Gasteiger partial charge in [0.25, 0.3) is 5.91 Å². The van der Waals surface area contributed by atoms with E-state index in [1.807, 2.05) is 18.2 Å². The van der Waals surface area contributed by atoms with E-state index in [-0.39, 0.29) is 30.2 Å². The minimum absolute atomic E-state index is 0.119. The molecule has 7 nitrogen and oxygen atoms in total. The summed E-state index contributed by atoms with van der Waals surface area (Å²) < 4.78 is 0. The smallest absolute Gasteiger partial charge is 0.255 e. The van der Waals surface area contributed by atoms with E-state index in [4.69, 9.17) is 5.73 Å². The van der Waals surface area contributed by atoms with Crippen molar-refractivity contribution in [2.24, 2.45) is 5.73 Å². The van der Waals surface area contributed by atoms with Gasteiger partial charge in [-0.05, 0) is 62.6 Å². The van der Waals surface area contributed by atoms with Gasteiger partial charge in [0.1, 0.15) is 6.04 Å². The highest BCUT2D eigenvalue weighted by Gasteiger charge is 2.40. The number of carbonyl (C=O) groups is 3. The Bertz CT molecular complexity index is 1090. The summed E-state index contributed by atoms with van der Waals surface area (Å²) in [5, 5.41) is 2.40. The molecular weight excluding hydrogens is 440 g/mol. The zero-order valence-electron chi connectivity index (χ0n) is 20.1. The van der Waals surface area contributed by atoms with Crippen molar-refractivity contribution >= 4 is 23.4 Å². The molecule has 1 saturated carbocycles. The number of nitrogens with two attached hydrogens (primary N) is 1. The molecule has 3 N–H and O–H groups in total. The molecule has 2 aromatic carbocycles. The lowest BCUT2D eigenvalue weighted by molar-refractivity contribution is -0.136. The third kappa shape index (κ3) is 4.96. The normalized spacial score (nSPS) is 24.3. The molecule has 7 heteroatoms. The van der Waals surface area contributed by atoms with Gasteiger partial charge in [-0.15, -0.1) is 0 Å². The van der Waals surface area contributed by atoms with Crippen molar-refractivity contribution in [3.05, 3.63) is 65.2 Å². The molecule has 0 spiro atoms. The summed E-state index contributed by atoms with van der Waals surface area (Å²) in [6.45, 7) is 1.30. The first kappa shape index (κ1) is 23.5. The number of benzene rings is 2. The van der Waals surface area contributed by atoms with E-state index in [1.165, 1.54) is 5.56 Å². The number of piperidine rings is 1. The average Bonchev–Trinajstić information content (AvgIpc) is 3.20. The van der Waals surface area contributed by atoms with Crippen LogP contribution < -0.4 is 16.0 Å². The Morgan fingerprint density at radius 3 is 2.46 bits per heavy atom. The SMILES string of the molecule is NC1CCC(N(CCCc2ccccc2)c2cccc3c2CN(C2CCC(=O)NC2=O)C3=O)CC1. The Balaban J connectivity index is 1.39. The van der Waals surface area contributed by atoms with Crippen LogP contribution in [0.25, 0.3) is 0 Å². The van der Waals surface area contributed by atoms with Crippen molar-refractivity contribution in [3.8, 4) is 0 Å². The van der Waals surface area contributed by atoms with E-state index in [0.29, 0.717) is 24.6 Å². The quantitative estimate of drug-likeness (QED) is 0.601. The molecule has 35 heavy (non-hydrogen) atoms. The molecule has 1 aliphatic carbocycles. The molecule has 0 aromatic heterocycles. The number of amides is 3. The second kappa shape index (κ2) is 10.2. The number of nitrogens with zero attached hydrogens (tertiary/aromatic N) is 2. The van der Waals surface area contributed by atoms with Gasteiger partial charge in [0.2, 0.25) is 11.8 Å². The van der Waals surface area contributed by atoms with E-state index < -0.39 is 6.04 Å². The van der Waals surface area contributed by atoms with E-state index in [0.717, 1.165) is 56.3 Å². The summed E-state index contributed by atoms with van der Waals surface area (Å²) in [6.07, 6.45) is 6.76. The highest BCUT2D eigenvalue weighted by Crippen LogP contribution is 2.37. The van der Waals surface area contributed by atoms with Crippen LogP contribution in [0.5, 0.6) is 0 Å². The van der Waals surface area contributed by atoms with Gasteiger partial charge in [0.05, 0.1) is 0 Å². The zero-order chi connectivity index (χ0) is 24.4. The van der Waals surface area contributed by atoms with Crippen LogP contribution in [0.3, 0.4) is 0 Å². The second-order valence-corrected chi connectivity index (χ2v) is 10.1. The number of fused-ring (bicyclic) bond motifs is 1. The van der Waals surface area contributed by atoms with Crippen LogP contribution in [0.2, 0.25) is 0 Å². The van der Waals surface area contributed by atoms with E-state index >= 15 is 0 Å². The van der Waals surface area contributed by atoms with Gasteiger partial charge in [-0.3, -0.25) is 19.7 Å². The number of rotatable bonds is 7. The molecule has 1 unspecified atom stereocenters. The standard InChI is InChI=1S/C28H34N4O3/c29-20-11-13-21(14-12-20)31(17-5-8-19-6-2-1-3-7-19)24-10-4-9-22-23(24)18-32(28(22)35)25-15-16-26(33)30-27(25)34/h1-4,6-7,9-10,20-21,25H,5,8,11-18,29H2,(H,30,33,34). The minimum Gasteiger partial charge on any atom is -0.368 e. The molecule has 5 rings (SSSR count). The van der Waals surface area contributed by atoms with Gasteiger partial charge in [-0.1, -0.05) is 36.4 Å². The van der Waals surface area contributed by atoms with Crippen molar-refractivity contribution in [1.82, 2.24) is 10.2 Å². The molecule has 1 saturated heterocycles. The molecule has 1 atom stereocenters. The summed E-state index contributed by atoms with van der Waals surface area (Å²) in [7, 11) is 0. The number of hydrogen-bond donors (Lipinski definition) is 2. The lowest BCUT2D eigenvalue weighted by Gasteiger charge is -2.39. The minimum atomic E-state index is -0.598. The largest absolute Gasteiger partial charge is 0.368 e. The second-order valence-electron chi connectivity index (χ2n) is 10.1. The fourth-order valence-electron chi connectivity index (χ4n) is 5.85. The van der Waals surface area contributed by atoms with Crippen LogP contribution in [-0.4, -0.2) is 47.3 Å². The summed E-state index contributed by atoms with van der Waals surface area (Å²) >= 11 is 0. The van der Waals surface area contributed by atoms with Crippen molar-refractivity contribution in [2.45, 2.75) is 76.0 Å². The first-order valence-electron chi connectivity index (χ1n) is 12.8. The monoisotopic (exact) mass is 474 g/mol. The predicted octanol–water partition coefficient (Wildman–Crippen LogP) is 3.16. The molecule has 2 fully saturated rings. The Hall–Kier alpha value is -3.19. The lowest BCUT2D eigenvalue weighted by atomic mass is 9.89. The number of carbonyl (C=O) groups excluding carboxylic acids is 3. The van der Waals surface area contributed by atoms with Gasteiger partial charge in [-0.25, -0.2) is 0 Å². The zero-order valence-corrected chi connectivity index (χ0v) is 20.1. The van der Waals surface area contributed by atoms with Gasteiger partial charge in [0.15, 0.2) is 0 Å². The topological polar surface area (TPSA) is 95.7 Å². The van der Waals surface area contributed by atoms with Crippen molar-refractivity contribution in [2.75, 3.05) is 11.4 Å². The van der Waals surface area contributed by atoms with Crippen LogP contribution in [0.4, 0.5) is 5.69 Å². The van der Waals surface area contributed by atoms with E-state index in [2.05, 4.69) is 40.5 Å². The molecule has 3 amide bonds. The summed E-state index contributed by atoms with van der Waals surface area (Å²) in [5.41, 5.74) is 10.3. The van der Waals surface area contributed by atoms with Crippen LogP contribution in [0, 0.1) is 0 Å². The summed E-state index contributed by atoms with van der Waals surface area (Å²) in [5.74, 6) is -0.757. The van der Waals surface area contributed by atoms with Crippen LogP contribution in [0.15, 0.2) is 48.5 Å². The fourth-order valence-corrected chi connectivity index (χ4v) is 5.85. The first-order valence-corrected chi connectivity index (χ1v) is 12.8. The average molecular weight is 475 g/mol. The Labute approximate surface area is 206 Å². The molecule has 0 bridgehead atoms. The van der Waals surface area contributed by atoms with Gasteiger partial charge in [0, 0.05) is 48.4 Å². The van der Waals surface area contributed by atoms with Gasteiger partial charge < -0.3 is 15.5 Å². The maximum atomic E-state index is 13.3. The molecule has 0 radical (unpaired) electrons. The molecular formula is C28H34N4O3. The lowest BCUT2D eigenvalue weighted by Crippen LogP contribution is -2.52. The summed E-state index contributed by atoms with van der Waals surface area (Å²) in [6, 6.07) is 16.5. The highest BCUT2D eigenvalue weighted by molar-refractivity contribution is 6.06. The number of aryl methyl sites for hydroxylation is 1. The van der Waals surface area contributed by atoms with Crippen molar-refractivity contribution in [3.63, 3.8) is 0 Å². The summed E-state index contributed by atoms with van der Waals surface area (Å²) in [4.78, 5) is 41.6. The third-order valence-electron chi connectivity index (χ3n) is 7.76. The van der Waals surface area contributed by atoms with Crippen LogP contribution in [0.1, 0.15) is 66.4 Å². The number of anilines is 1. The molecule has 2 heterocycles. The molecule has 3 aliphatic rings. The Morgan fingerprint density at radius 2 is 1.71 bits per heavy atom. The highest BCUT2D eigenvalue weighted by atomic mass is 16.2. The number of imide groups is 1. The first-order chi connectivity index (χ1) is 17.0. The molecule has 2 aliphatic heterocycles. The molecule has 2 aromatic rings. The van der Waals surface area contributed by atoms with Crippen molar-refractivity contribution in [1.29, 1.82) is 0 Å².